The number of hydrogen-bond acceptors (Lipinski definition) is 5. The minimum atomic E-state index is -0.629. The summed E-state index contributed by atoms with van der Waals surface area (Å²) in [5.74, 6) is 0.651. The predicted octanol–water partition coefficient (Wildman–Crippen LogP) is 0.583. The standard InChI is InChI=1S/C8H10N2O3/c1-5-9-6(13-10-5)8(3-4-8)7(11)12-2/h3-4H2,1-2H3. The van der Waals surface area contributed by atoms with E-state index in [9.17, 15) is 4.79 Å². The molecule has 70 valence electrons. The summed E-state index contributed by atoms with van der Waals surface area (Å²) in [5.41, 5.74) is -0.629. The Morgan fingerprint density at radius 2 is 2.31 bits per heavy atom. The van der Waals surface area contributed by atoms with Crippen LogP contribution in [-0.4, -0.2) is 23.2 Å². The highest BCUT2D eigenvalue weighted by Crippen LogP contribution is 2.48. The van der Waals surface area contributed by atoms with Crippen molar-refractivity contribution in [2.24, 2.45) is 0 Å². The normalized spacial score (nSPS) is 18.3. The molecule has 1 heterocycles. The van der Waals surface area contributed by atoms with Gasteiger partial charge in [-0.3, -0.25) is 4.79 Å². The van der Waals surface area contributed by atoms with Crippen molar-refractivity contribution < 1.29 is 14.1 Å². The summed E-state index contributed by atoms with van der Waals surface area (Å²) in [6, 6.07) is 0. The number of esters is 1. The number of rotatable bonds is 2. The second kappa shape index (κ2) is 2.55. The fourth-order valence-corrected chi connectivity index (χ4v) is 1.32. The van der Waals surface area contributed by atoms with E-state index in [1.807, 2.05) is 0 Å². The molecule has 1 aliphatic rings. The Morgan fingerprint density at radius 3 is 2.69 bits per heavy atom. The number of carbonyl (C=O) groups is 1. The van der Waals surface area contributed by atoms with Crippen LogP contribution in [0.15, 0.2) is 4.52 Å². The van der Waals surface area contributed by atoms with Crippen LogP contribution in [0.1, 0.15) is 24.6 Å². The highest BCUT2D eigenvalue weighted by molar-refractivity contribution is 5.85. The molecule has 1 saturated carbocycles. The van der Waals surface area contributed by atoms with Gasteiger partial charge in [0.15, 0.2) is 5.82 Å². The van der Waals surface area contributed by atoms with Gasteiger partial charge in [0.1, 0.15) is 5.41 Å². The highest BCUT2D eigenvalue weighted by Gasteiger charge is 2.57. The van der Waals surface area contributed by atoms with Gasteiger partial charge in [-0.1, -0.05) is 5.16 Å². The van der Waals surface area contributed by atoms with Crippen molar-refractivity contribution in [1.29, 1.82) is 0 Å². The summed E-state index contributed by atoms with van der Waals surface area (Å²) in [7, 11) is 1.37. The summed E-state index contributed by atoms with van der Waals surface area (Å²) in [6.45, 7) is 1.72. The van der Waals surface area contributed by atoms with Gasteiger partial charge in [0.2, 0.25) is 5.89 Å². The number of methoxy groups -OCH3 is 1. The predicted molar refractivity (Wildman–Crippen MR) is 42.0 cm³/mol. The molecule has 1 aromatic rings. The summed E-state index contributed by atoms with van der Waals surface area (Å²) >= 11 is 0. The van der Waals surface area contributed by atoms with Gasteiger partial charge in [0.05, 0.1) is 7.11 Å². The molecule has 1 fully saturated rings. The van der Waals surface area contributed by atoms with Crippen molar-refractivity contribution in [3.05, 3.63) is 11.7 Å². The van der Waals surface area contributed by atoms with Gasteiger partial charge in [0.25, 0.3) is 0 Å². The molecule has 0 saturated heterocycles. The molecule has 0 spiro atoms. The summed E-state index contributed by atoms with van der Waals surface area (Å²) < 4.78 is 9.63. The number of hydrogen-bond donors (Lipinski definition) is 0. The lowest BCUT2D eigenvalue weighted by atomic mass is 10.1. The number of nitrogens with zero attached hydrogens (tertiary/aromatic N) is 2. The van der Waals surface area contributed by atoms with E-state index in [1.54, 1.807) is 6.92 Å². The summed E-state index contributed by atoms with van der Waals surface area (Å²) in [5, 5.41) is 3.65. The van der Waals surface area contributed by atoms with E-state index in [-0.39, 0.29) is 5.97 Å². The third-order valence-corrected chi connectivity index (χ3v) is 2.26. The third-order valence-electron chi connectivity index (χ3n) is 2.26. The highest BCUT2D eigenvalue weighted by atomic mass is 16.5. The average molecular weight is 182 g/mol. The van der Waals surface area contributed by atoms with Crippen LogP contribution in [0, 0.1) is 6.92 Å². The number of aromatic nitrogens is 2. The van der Waals surface area contributed by atoms with Crippen LogP contribution < -0.4 is 0 Å². The SMILES string of the molecule is COC(=O)C1(c2nc(C)no2)CC1. The molecule has 0 unspecified atom stereocenters. The second-order valence-corrected chi connectivity index (χ2v) is 3.22. The lowest BCUT2D eigenvalue weighted by Gasteiger charge is -2.05. The molecular weight excluding hydrogens is 172 g/mol. The molecular formula is C8H10N2O3. The minimum Gasteiger partial charge on any atom is -0.468 e. The van der Waals surface area contributed by atoms with Crippen molar-refractivity contribution >= 4 is 5.97 Å². The first kappa shape index (κ1) is 8.22. The molecule has 13 heavy (non-hydrogen) atoms. The lowest BCUT2D eigenvalue weighted by Crippen LogP contribution is -2.22. The van der Waals surface area contributed by atoms with Gasteiger partial charge in [-0.05, 0) is 19.8 Å². The number of ether oxygens (including phenoxy) is 1. The van der Waals surface area contributed by atoms with Crippen LogP contribution in [0.5, 0.6) is 0 Å². The largest absolute Gasteiger partial charge is 0.468 e. The molecule has 0 atom stereocenters. The fraction of sp³-hybridized carbons (Fsp3) is 0.625. The maximum absolute atomic E-state index is 11.4. The Labute approximate surface area is 75.1 Å². The number of carbonyl (C=O) groups excluding carboxylic acids is 1. The van der Waals surface area contributed by atoms with E-state index in [4.69, 9.17) is 4.52 Å². The maximum atomic E-state index is 11.4. The first-order valence-corrected chi connectivity index (χ1v) is 4.08. The van der Waals surface area contributed by atoms with Gasteiger partial charge in [-0.25, -0.2) is 0 Å². The second-order valence-electron chi connectivity index (χ2n) is 3.22. The third kappa shape index (κ3) is 1.11. The molecule has 0 aromatic carbocycles. The molecule has 0 N–H and O–H groups in total. The Balaban J connectivity index is 2.30. The van der Waals surface area contributed by atoms with E-state index >= 15 is 0 Å². The summed E-state index contributed by atoms with van der Waals surface area (Å²) in [6.07, 6.45) is 1.47. The molecule has 0 aliphatic heterocycles. The van der Waals surface area contributed by atoms with Crippen LogP contribution in [0.3, 0.4) is 0 Å². The maximum Gasteiger partial charge on any atom is 0.321 e. The fourth-order valence-electron chi connectivity index (χ4n) is 1.32. The van der Waals surface area contributed by atoms with Crippen LogP contribution in [0.4, 0.5) is 0 Å². The van der Waals surface area contributed by atoms with Crippen LogP contribution in [-0.2, 0) is 14.9 Å². The molecule has 1 aromatic heterocycles. The van der Waals surface area contributed by atoms with Gasteiger partial charge in [-0.15, -0.1) is 0 Å². The number of aryl methyl sites for hydroxylation is 1. The zero-order valence-corrected chi connectivity index (χ0v) is 7.53. The van der Waals surface area contributed by atoms with E-state index in [1.165, 1.54) is 7.11 Å². The summed E-state index contributed by atoms with van der Waals surface area (Å²) in [4.78, 5) is 15.4. The molecule has 2 rings (SSSR count). The van der Waals surface area contributed by atoms with Crippen molar-refractivity contribution in [1.82, 2.24) is 10.1 Å². The van der Waals surface area contributed by atoms with Crippen molar-refractivity contribution in [2.45, 2.75) is 25.2 Å². The zero-order valence-electron chi connectivity index (χ0n) is 7.53. The Bertz CT molecular complexity index is 341. The molecule has 0 radical (unpaired) electrons. The quantitative estimate of drug-likeness (QED) is 0.626. The van der Waals surface area contributed by atoms with Crippen LogP contribution in [0.2, 0.25) is 0 Å². The smallest absolute Gasteiger partial charge is 0.321 e. The van der Waals surface area contributed by atoms with E-state index in [0.29, 0.717) is 11.7 Å². The molecule has 1 aliphatic carbocycles. The van der Waals surface area contributed by atoms with Crippen LogP contribution >= 0.6 is 0 Å². The van der Waals surface area contributed by atoms with Crippen molar-refractivity contribution in [3.63, 3.8) is 0 Å². The zero-order chi connectivity index (χ0) is 9.47. The van der Waals surface area contributed by atoms with Gasteiger partial charge in [-0.2, -0.15) is 4.98 Å². The van der Waals surface area contributed by atoms with E-state index in [0.717, 1.165) is 12.8 Å². The van der Waals surface area contributed by atoms with Gasteiger partial charge >= 0.3 is 5.97 Å². The molecule has 0 bridgehead atoms. The Hall–Kier alpha value is -1.39. The monoisotopic (exact) mass is 182 g/mol. The van der Waals surface area contributed by atoms with Gasteiger partial charge in [0, 0.05) is 0 Å². The Kier molecular flexibility index (Phi) is 1.61. The van der Waals surface area contributed by atoms with Crippen molar-refractivity contribution in [3.8, 4) is 0 Å². The van der Waals surface area contributed by atoms with Crippen LogP contribution in [0.25, 0.3) is 0 Å². The molecule has 5 heteroatoms. The minimum absolute atomic E-state index is 0.281. The topological polar surface area (TPSA) is 65.2 Å². The van der Waals surface area contributed by atoms with E-state index < -0.39 is 5.41 Å². The first-order valence-electron chi connectivity index (χ1n) is 4.08. The lowest BCUT2D eigenvalue weighted by molar-refractivity contribution is -0.144. The first-order chi connectivity index (χ1) is 6.19. The Morgan fingerprint density at radius 1 is 1.62 bits per heavy atom. The molecule has 5 nitrogen and oxygen atoms in total. The van der Waals surface area contributed by atoms with E-state index in [2.05, 4.69) is 14.9 Å². The van der Waals surface area contributed by atoms with Crippen molar-refractivity contribution in [2.75, 3.05) is 7.11 Å². The average Bonchev–Trinajstić information content (AvgIpc) is 2.83. The van der Waals surface area contributed by atoms with Gasteiger partial charge < -0.3 is 9.26 Å². The molecule has 0 amide bonds.